The van der Waals surface area contributed by atoms with Crippen LogP contribution in [0, 0.1) is 0 Å². The van der Waals surface area contributed by atoms with Gasteiger partial charge < -0.3 is 14.2 Å². The highest BCUT2D eigenvalue weighted by Gasteiger charge is 2.40. The molecule has 4 heteroatoms. The second-order valence-electron chi connectivity index (χ2n) is 3.27. The van der Waals surface area contributed by atoms with Crippen molar-refractivity contribution in [3.8, 4) is 0 Å². The van der Waals surface area contributed by atoms with Crippen LogP contribution < -0.4 is 0 Å². The van der Waals surface area contributed by atoms with E-state index in [4.69, 9.17) is 14.2 Å². The Kier molecular flexibility index (Phi) is 2.93. The summed E-state index contributed by atoms with van der Waals surface area (Å²) in [5.74, 6) is -1.10. The van der Waals surface area contributed by atoms with Crippen molar-refractivity contribution in [3.05, 3.63) is 12.3 Å². The molecule has 0 aliphatic carbocycles. The largest absolute Gasteiger partial charge is 0.505 e. The standard InChI is InChI=1S/C9H14O4/c1-9(2)12-7(8(10)13-9)5-4-6-11-3/h4,6-7H,5H2,1-3H3/t7-/m1/s1. The Bertz CT molecular complexity index is 220. The van der Waals surface area contributed by atoms with Crippen LogP contribution in [0.15, 0.2) is 12.3 Å². The van der Waals surface area contributed by atoms with Crippen LogP contribution in [0.4, 0.5) is 0 Å². The lowest BCUT2D eigenvalue weighted by Crippen LogP contribution is -2.21. The van der Waals surface area contributed by atoms with Gasteiger partial charge in [-0.05, 0) is 6.08 Å². The summed E-state index contributed by atoms with van der Waals surface area (Å²) in [4.78, 5) is 11.2. The Morgan fingerprint density at radius 1 is 1.62 bits per heavy atom. The van der Waals surface area contributed by atoms with Gasteiger partial charge in [0.1, 0.15) is 0 Å². The molecule has 74 valence electrons. The van der Waals surface area contributed by atoms with E-state index >= 15 is 0 Å². The molecule has 1 aliphatic rings. The van der Waals surface area contributed by atoms with Crippen LogP contribution in [0.2, 0.25) is 0 Å². The average molecular weight is 186 g/mol. The molecule has 1 fully saturated rings. The first-order valence-corrected chi connectivity index (χ1v) is 4.13. The summed E-state index contributed by atoms with van der Waals surface area (Å²) in [6.45, 7) is 3.43. The second kappa shape index (κ2) is 3.79. The van der Waals surface area contributed by atoms with Crippen molar-refractivity contribution >= 4 is 5.97 Å². The van der Waals surface area contributed by atoms with E-state index in [1.807, 2.05) is 0 Å². The molecule has 0 saturated carbocycles. The third kappa shape index (κ3) is 2.73. The van der Waals surface area contributed by atoms with Crippen LogP contribution in [-0.2, 0) is 19.0 Å². The number of esters is 1. The van der Waals surface area contributed by atoms with Gasteiger partial charge in [0.05, 0.1) is 13.4 Å². The third-order valence-electron chi connectivity index (χ3n) is 1.62. The molecule has 0 unspecified atom stereocenters. The van der Waals surface area contributed by atoms with Gasteiger partial charge in [-0.3, -0.25) is 0 Å². The van der Waals surface area contributed by atoms with E-state index < -0.39 is 11.9 Å². The zero-order valence-corrected chi connectivity index (χ0v) is 8.07. The number of rotatable bonds is 3. The van der Waals surface area contributed by atoms with Gasteiger partial charge in [0.2, 0.25) is 5.79 Å². The summed E-state index contributed by atoms with van der Waals surface area (Å²) < 4.78 is 15.0. The van der Waals surface area contributed by atoms with Crippen molar-refractivity contribution in [2.75, 3.05) is 7.11 Å². The highest BCUT2D eigenvalue weighted by molar-refractivity contribution is 5.76. The average Bonchev–Trinajstić information content (AvgIpc) is 2.25. The van der Waals surface area contributed by atoms with Crippen LogP contribution in [0.25, 0.3) is 0 Å². The zero-order valence-electron chi connectivity index (χ0n) is 8.07. The van der Waals surface area contributed by atoms with Gasteiger partial charge in [-0.25, -0.2) is 4.79 Å². The number of ether oxygens (including phenoxy) is 3. The highest BCUT2D eigenvalue weighted by atomic mass is 16.8. The predicted molar refractivity (Wildman–Crippen MR) is 45.8 cm³/mol. The van der Waals surface area contributed by atoms with E-state index in [9.17, 15) is 4.79 Å². The minimum atomic E-state index is -0.789. The minimum Gasteiger partial charge on any atom is -0.505 e. The molecule has 13 heavy (non-hydrogen) atoms. The summed E-state index contributed by atoms with van der Waals surface area (Å²) in [5, 5.41) is 0. The first-order chi connectivity index (χ1) is 6.05. The van der Waals surface area contributed by atoms with E-state index in [1.54, 1.807) is 27.0 Å². The van der Waals surface area contributed by atoms with Crippen molar-refractivity contribution in [3.63, 3.8) is 0 Å². The van der Waals surface area contributed by atoms with E-state index in [2.05, 4.69) is 0 Å². The molecular formula is C9H14O4. The quantitative estimate of drug-likeness (QED) is 0.491. The molecule has 0 amide bonds. The molecule has 0 aromatic carbocycles. The molecule has 1 heterocycles. The fraction of sp³-hybridized carbons (Fsp3) is 0.667. The summed E-state index contributed by atoms with van der Waals surface area (Å²) in [6.07, 6.45) is 3.23. The van der Waals surface area contributed by atoms with Crippen molar-refractivity contribution in [2.24, 2.45) is 0 Å². The second-order valence-corrected chi connectivity index (χ2v) is 3.27. The molecule has 1 aliphatic heterocycles. The lowest BCUT2D eigenvalue weighted by atomic mass is 10.2. The van der Waals surface area contributed by atoms with Crippen molar-refractivity contribution in [1.29, 1.82) is 0 Å². The lowest BCUT2D eigenvalue weighted by molar-refractivity contribution is -0.160. The number of hydrogen-bond acceptors (Lipinski definition) is 4. The smallest absolute Gasteiger partial charge is 0.338 e. The van der Waals surface area contributed by atoms with Crippen molar-refractivity contribution in [2.45, 2.75) is 32.2 Å². The van der Waals surface area contributed by atoms with E-state index in [-0.39, 0.29) is 5.97 Å². The highest BCUT2D eigenvalue weighted by Crippen LogP contribution is 2.25. The molecule has 4 nitrogen and oxygen atoms in total. The van der Waals surface area contributed by atoms with Gasteiger partial charge in [-0.1, -0.05) is 0 Å². The van der Waals surface area contributed by atoms with Gasteiger partial charge in [-0.2, -0.15) is 0 Å². The van der Waals surface area contributed by atoms with Gasteiger partial charge in [0, 0.05) is 20.3 Å². The van der Waals surface area contributed by atoms with Gasteiger partial charge in [-0.15, -0.1) is 0 Å². The topological polar surface area (TPSA) is 44.8 Å². The maximum Gasteiger partial charge on any atom is 0.338 e. The molecule has 0 radical (unpaired) electrons. The summed E-state index contributed by atoms with van der Waals surface area (Å²) >= 11 is 0. The van der Waals surface area contributed by atoms with Crippen molar-refractivity contribution in [1.82, 2.24) is 0 Å². The Balaban J connectivity index is 2.44. The maximum atomic E-state index is 11.2. The zero-order chi connectivity index (χ0) is 9.90. The molecule has 0 spiro atoms. The van der Waals surface area contributed by atoms with Crippen LogP contribution >= 0.6 is 0 Å². The maximum absolute atomic E-state index is 11.2. The molecule has 0 N–H and O–H groups in total. The Morgan fingerprint density at radius 3 is 2.77 bits per heavy atom. The van der Waals surface area contributed by atoms with Crippen molar-refractivity contribution < 1.29 is 19.0 Å². The van der Waals surface area contributed by atoms with E-state index in [1.165, 1.54) is 6.26 Å². The van der Waals surface area contributed by atoms with Crippen LogP contribution in [0.5, 0.6) is 0 Å². The first kappa shape index (κ1) is 10.1. The fourth-order valence-electron chi connectivity index (χ4n) is 1.14. The normalized spacial score (nSPS) is 26.4. The molecule has 0 aromatic heterocycles. The molecule has 1 atom stereocenters. The van der Waals surface area contributed by atoms with Crippen LogP contribution in [0.1, 0.15) is 20.3 Å². The summed E-state index contributed by atoms with van der Waals surface area (Å²) in [6, 6.07) is 0. The number of methoxy groups -OCH3 is 1. The Hall–Kier alpha value is -1.03. The molecule has 1 saturated heterocycles. The number of carbonyl (C=O) groups excluding carboxylic acids is 1. The Labute approximate surface area is 77.5 Å². The van der Waals surface area contributed by atoms with Gasteiger partial charge in [0.15, 0.2) is 6.10 Å². The predicted octanol–water partition coefficient (Wildman–Crippen LogP) is 1.21. The first-order valence-electron chi connectivity index (χ1n) is 4.13. The van der Waals surface area contributed by atoms with Crippen LogP contribution in [0.3, 0.4) is 0 Å². The Morgan fingerprint density at radius 2 is 2.31 bits per heavy atom. The molecule has 0 aromatic rings. The molecule has 0 bridgehead atoms. The summed E-state index contributed by atoms with van der Waals surface area (Å²) in [5.41, 5.74) is 0. The van der Waals surface area contributed by atoms with Gasteiger partial charge in [0.25, 0.3) is 0 Å². The van der Waals surface area contributed by atoms with E-state index in [0.29, 0.717) is 6.42 Å². The number of hydrogen-bond donors (Lipinski definition) is 0. The third-order valence-corrected chi connectivity index (χ3v) is 1.62. The number of cyclic esters (lactones) is 1. The summed E-state index contributed by atoms with van der Waals surface area (Å²) in [7, 11) is 1.55. The molecular weight excluding hydrogens is 172 g/mol. The van der Waals surface area contributed by atoms with Gasteiger partial charge >= 0.3 is 5.97 Å². The molecule has 1 rings (SSSR count). The van der Waals surface area contributed by atoms with Crippen LogP contribution in [-0.4, -0.2) is 25.0 Å². The van der Waals surface area contributed by atoms with E-state index in [0.717, 1.165) is 0 Å². The monoisotopic (exact) mass is 186 g/mol. The lowest BCUT2D eigenvalue weighted by Gasteiger charge is -2.14. The fourth-order valence-corrected chi connectivity index (χ4v) is 1.14. The minimum absolute atomic E-state index is 0.314. The SMILES string of the molecule is COC=CC[C@H]1OC(C)(C)OC1=O. The number of carbonyl (C=O) groups is 1.